The van der Waals surface area contributed by atoms with Gasteiger partial charge in [-0.15, -0.1) is 0 Å². The van der Waals surface area contributed by atoms with Crippen molar-refractivity contribution < 1.29 is 0 Å². The van der Waals surface area contributed by atoms with Gasteiger partial charge in [0.25, 0.3) is 0 Å². The van der Waals surface area contributed by atoms with E-state index >= 15 is 0 Å². The lowest BCUT2D eigenvalue weighted by Crippen LogP contribution is -2.04. The maximum atomic E-state index is 3.16. The van der Waals surface area contributed by atoms with Crippen LogP contribution in [0.15, 0.2) is 54.6 Å². The summed E-state index contributed by atoms with van der Waals surface area (Å²) in [5.41, 5.74) is 3.87. The third-order valence-electron chi connectivity index (χ3n) is 2.42. The topological polar surface area (TPSA) is 12.0 Å². The molecule has 2 rings (SSSR count). The molecule has 0 amide bonds. The quantitative estimate of drug-likeness (QED) is 0.832. The zero-order valence-electron chi connectivity index (χ0n) is 10.9. The summed E-state index contributed by atoms with van der Waals surface area (Å²) in [6.45, 7) is 4.92. The van der Waals surface area contributed by atoms with E-state index in [2.05, 4.69) is 53.8 Å². The summed E-state index contributed by atoms with van der Waals surface area (Å²) in [4.78, 5) is 0. The lowest BCUT2D eigenvalue weighted by atomic mass is 10.0. The second kappa shape index (κ2) is 7.64. The minimum Gasteiger partial charge on any atom is -0.316 e. The van der Waals surface area contributed by atoms with Gasteiger partial charge in [0.15, 0.2) is 0 Å². The van der Waals surface area contributed by atoms with Crippen molar-refractivity contribution in [1.82, 2.24) is 5.32 Å². The van der Waals surface area contributed by atoms with Gasteiger partial charge in [0.05, 0.1) is 0 Å². The molecule has 0 spiro atoms. The molecule has 17 heavy (non-hydrogen) atoms. The Morgan fingerprint density at radius 2 is 1.47 bits per heavy atom. The summed E-state index contributed by atoms with van der Waals surface area (Å²) in [6, 6.07) is 19.1. The summed E-state index contributed by atoms with van der Waals surface area (Å²) in [5.74, 6) is 0. The molecule has 0 aromatic heterocycles. The Balaban J connectivity index is 0.000000686. The molecule has 0 unspecified atom stereocenters. The summed E-state index contributed by atoms with van der Waals surface area (Å²) in [6.07, 6.45) is 0. The largest absolute Gasteiger partial charge is 0.316 e. The van der Waals surface area contributed by atoms with Gasteiger partial charge < -0.3 is 5.32 Å². The number of benzene rings is 2. The molecule has 0 heterocycles. The Morgan fingerprint density at radius 3 is 2.12 bits per heavy atom. The molecule has 0 fully saturated rings. The number of rotatable bonds is 3. The number of hydrogen-bond donors (Lipinski definition) is 1. The van der Waals surface area contributed by atoms with E-state index in [4.69, 9.17) is 0 Å². The van der Waals surface area contributed by atoms with Crippen LogP contribution in [-0.4, -0.2) is 7.05 Å². The van der Waals surface area contributed by atoms with Crippen molar-refractivity contribution in [3.05, 3.63) is 60.2 Å². The molecule has 0 bridgehead atoms. The highest BCUT2D eigenvalue weighted by Gasteiger charge is 1.97. The summed E-state index contributed by atoms with van der Waals surface area (Å²) in [5, 5.41) is 3.16. The Morgan fingerprint density at radius 1 is 0.824 bits per heavy atom. The zero-order valence-corrected chi connectivity index (χ0v) is 10.9. The molecule has 1 N–H and O–H groups in total. The van der Waals surface area contributed by atoms with Crippen molar-refractivity contribution in [2.45, 2.75) is 20.4 Å². The van der Waals surface area contributed by atoms with Gasteiger partial charge in [0, 0.05) is 6.54 Å². The Bertz CT molecular complexity index is 421. The predicted molar refractivity (Wildman–Crippen MR) is 76.0 cm³/mol. The second-order valence-corrected chi connectivity index (χ2v) is 3.60. The van der Waals surface area contributed by atoms with Crippen LogP contribution in [0, 0.1) is 0 Å². The average molecular weight is 227 g/mol. The van der Waals surface area contributed by atoms with Gasteiger partial charge in [0.1, 0.15) is 0 Å². The van der Waals surface area contributed by atoms with Crippen molar-refractivity contribution in [3.63, 3.8) is 0 Å². The first kappa shape index (κ1) is 13.5. The van der Waals surface area contributed by atoms with Gasteiger partial charge in [-0.25, -0.2) is 0 Å². The molecule has 0 radical (unpaired) electrons. The fourth-order valence-electron chi connectivity index (χ4n) is 1.70. The molecular formula is C16H21N. The first-order valence-corrected chi connectivity index (χ1v) is 6.19. The average Bonchev–Trinajstić information content (AvgIpc) is 2.43. The molecule has 0 atom stereocenters. The van der Waals surface area contributed by atoms with Crippen LogP contribution in [0.3, 0.4) is 0 Å². The van der Waals surface area contributed by atoms with Crippen LogP contribution in [-0.2, 0) is 6.54 Å². The van der Waals surface area contributed by atoms with Crippen molar-refractivity contribution in [1.29, 1.82) is 0 Å². The van der Waals surface area contributed by atoms with E-state index in [1.807, 2.05) is 27.0 Å². The second-order valence-electron chi connectivity index (χ2n) is 3.60. The van der Waals surface area contributed by atoms with Gasteiger partial charge in [-0.3, -0.25) is 0 Å². The van der Waals surface area contributed by atoms with E-state index < -0.39 is 0 Å². The number of nitrogens with one attached hydrogen (secondary N) is 1. The summed E-state index contributed by atoms with van der Waals surface area (Å²) in [7, 11) is 1.97. The van der Waals surface area contributed by atoms with E-state index in [0.29, 0.717) is 0 Å². The fraction of sp³-hybridized carbons (Fsp3) is 0.250. The Kier molecular flexibility index (Phi) is 6.05. The van der Waals surface area contributed by atoms with Crippen LogP contribution in [0.25, 0.3) is 11.1 Å². The predicted octanol–water partition coefficient (Wildman–Crippen LogP) is 4.10. The van der Waals surface area contributed by atoms with Gasteiger partial charge in [-0.05, 0) is 29.8 Å². The third-order valence-corrected chi connectivity index (χ3v) is 2.42. The summed E-state index contributed by atoms with van der Waals surface area (Å²) < 4.78 is 0. The minimum absolute atomic E-state index is 0.917. The molecule has 90 valence electrons. The first-order valence-electron chi connectivity index (χ1n) is 6.19. The van der Waals surface area contributed by atoms with E-state index in [9.17, 15) is 0 Å². The van der Waals surface area contributed by atoms with Gasteiger partial charge in [-0.2, -0.15) is 0 Å². The van der Waals surface area contributed by atoms with E-state index in [-0.39, 0.29) is 0 Å². The van der Waals surface area contributed by atoms with E-state index in [1.165, 1.54) is 16.7 Å². The van der Waals surface area contributed by atoms with E-state index in [1.54, 1.807) is 0 Å². The fourth-order valence-corrected chi connectivity index (χ4v) is 1.70. The van der Waals surface area contributed by atoms with Crippen molar-refractivity contribution in [3.8, 4) is 11.1 Å². The molecule has 2 aromatic carbocycles. The van der Waals surface area contributed by atoms with Gasteiger partial charge in [0.2, 0.25) is 0 Å². The Labute approximate surface area is 105 Å². The highest BCUT2D eigenvalue weighted by atomic mass is 14.8. The van der Waals surface area contributed by atoms with Gasteiger partial charge >= 0.3 is 0 Å². The van der Waals surface area contributed by atoms with Crippen LogP contribution in [0.4, 0.5) is 0 Å². The molecule has 0 aliphatic rings. The highest BCUT2D eigenvalue weighted by Crippen LogP contribution is 2.19. The van der Waals surface area contributed by atoms with Crippen LogP contribution in [0.1, 0.15) is 19.4 Å². The first-order chi connectivity index (χ1) is 8.40. The zero-order chi connectivity index (χ0) is 12.5. The van der Waals surface area contributed by atoms with Crippen LogP contribution < -0.4 is 5.32 Å². The highest BCUT2D eigenvalue weighted by molar-refractivity contribution is 5.63. The minimum atomic E-state index is 0.917. The lowest BCUT2D eigenvalue weighted by Gasteiger charge is -2.04. The van der Waals surface area contributed by atoms with Crippen LogP contribution in [0.5, 0.6) is 0 Å². The molecular weight excluding hydrogens is 206 g/mol. The molecule has 1 nitrogen and oxygen atoms in total. The molecule has 0 aliphatic carbocycles. The third kappa shape index (κ3) is 4.04. The molecule has 1 heteroatoms. The molecule has 0 aliphatic heterocycles. The van der Waals surface area contributed by atoms with Crippen molar-refractivity contribution in [2.75, 3.05) is 7.05 Å². The van der Waals surface area contributed by atoms with Crippen LogP contribution >= 0.6 is 0 Å². The monoisotopic (exact) mass is 227 g/mol. The van der Waals surface area contributed by atoms with Crippen molar-refractivity contribution in [2.24, 2.45) is 0 Å². The normalized spacial score (nSPS) is 9.35. The number of hydrogen-bond acceptors (Lipinski definition) is 1. The maximum absolute atomic E-state index is 3.16. The Hall–Kier alpha value is -1.60. The molecule has 0 saturated heterocycles. The maximum Gasteiger partial charge on any atom is 0.0202 e. The lowest BCUT2D eigenvalue weighted by molar-refractivity contribution is 0.818. The van der Waals surface area contributed by atoms with E-state index in [0.717, 1.165) is 6.54 Å². The SMILES string of the molecule is CC.CNCc1cccc(-c2ccccc2)c1. The summed E-state index contributed by atoms with van der Waals surface area (Å²) >= 11 is 0. The van der Waals surface area contributed by atoms with Crippen LogP contribution in [0.2, 0.25) is 0 Å². The van der Waals surface area contributed by atoms with Gasteiger partial charge in [-0.1, -0.05) is 62.4 Å². The smallest absolute Gasteiger partial charge is 0.0202 e. The van der Waals surface area contributed by atoms with Crippen molar-refractivity contribution >= 4 is 0 Å². The standard InChI is InChI=1S/C14H15N.C2H6/c1-15-11-12-6-5-9-14(10-12)13-7-3-2-4-8-13;1-2/h2-10,15H,11H2,1H3;1-2H3. The molecule has 0 saturated carbocycles. The molecule has 2 aromatic rings.